The van der Waals surface area contributed by atoms with Crippen LogP contribution in [-0.4, -0.2) is 35.4 Å². The van der Waals surface area contributed by atoms with Crippen molar-refractivity contribution in [2.24, 2.45) is 5.10 Å². The summed E-state index contributed by atoms with van der Waals surface area (Å²) in [7, 11) is 0. The number of nitrogens with zero attached hydrogens (tertiary/aromatic N) is 2. The third-order valence-electron chi connectivity index (χ3n) is 4.41. The fraction of sp³-hybridized carbons (Fsp3) is 0.333. The van der Waals surface area contributed by atoms with Crippen LogP contribution in [0.15, 0.2) is 64.6 Å². The molecule has 2 aromatic rings. The zero-order chi connectivity index (χ0) is 18.2. The van der Waals surface area contributed by atoms with Crippen LogP contribution in [0, 0.1) is 6.92 Å². The monoisotopic (exact) mass is 367 g/mol. The van der Waals surface area contributed by atoms with Gasteiger partial charge in [0.15, 0.2) is 0 Å². The molecule has 0 spiro atoms. The zero-order valence-corrected chi connectivity index (χ0v) is 16.0. The first-order valence-electron chi connectivity index (χ1n) is 8.99. The van der Waals surface area contributed by atoms with Crippen LogP contribution in [0.25, 0.3) is 0 Å². The molecule has 1 saturated heterocycles. The van der Waals surface area contributed by atoms with Crippen LogP contribution in [0.1, 0.15) is 24.0 Å². The lowest BCUT2D eigenvalue weighted by Crippen LogP contribution is -2.34. The highest BCUT2D eigenvalue weighted by Gasteiger charge is 2.15. The van der Waals surface area contributed by atoms with Crippen molar-refractivity contribution >= 4 is 23.4 Å². The second kappa shape index (κ2) is 9.55. The molecule has 136 valence electrons. The largest absolute Gasteiger partial charge is 0.298 e. The van der Waals surface area contributed by atoms with Gasteiger partial charge in [0.05, 0.1) is 5.75 Å². The van der Waals surface area contributed by atoms with E-state index < -0.39 is 0 Å². The van der Waals surface area contributed by atoms with Crippen LogP contribution in [-0.2, 0) is 11.3 Å². The Morgan fingerprint density at radius 2 is 1.77 bits per heavy atom. The summed E-state index contributed by atoms with van der Waals surface area (Å²) in [6, 6.07) is 18.7. The molecule has 1 aliphatic heterocycles. The van der Waals surface area contributed by atoms with Crippen molar-refractivity contribution in [1.82, 2.24) is 10.3 Å². The topological polar surface area (TPSA) is 44.7 Å². The molecular weight excluding hydrogens is 342 g/mol. The molecule has 1 amide bonds. The molecule has 0 bridgehead atoms. The molecule has 5 heteroatoms. The normalized spacial score (nSPS) is 14.9. The average molecular weight is 368 g/mol. The molecule has 0 aromatic heterocycles. The highest BCUT2D eigenvalue weighted by molar-refractivity contribution is 8.00. The van der Waals surface area contributed by atoms with Gasteiger partial charge in [-0.15, -0.1) is 11.8 Å². The van der Waals surface area contributed by atoms with E-state index in [0.29, 0.717) is 5.75 Å². The van der Waals surface area contributed by atoms with Gasteiger partial charge in [0, 0.05) is 43.1 Å². The summed E-state index contributed by atoms with van der Waals surface area (Å²) in [5.74, 6) is 0.342. The van der Waals surface area contributed by atoms with E-state index in [1.54, 1.807) is 0 Å². The van der Waals surface area contributed by atoms with Gasteiger partial charge in [0.25, 0.3) is 0 Å². The van der Waals surface area contributed by atoms with Crippen molar-refractivity contribution in [3.63, 3.8) is 0 Å². The first-order valence-corrected chi connectivity index (χ1v) is 9.97. The Kier molecular flexibility index (Phi) is 6.86. The van der Waals surface area contributed by atoms with Crippen molar-refractivity contribution in [2.75, 3.05) is 18.8 Å². The highest BCUT2D eigenvalue weighted by atomic mass is 32.2. The van der Waals surface area contributed by atoms with Crippen molar-refractivity contribution in [3.05, 3.63) is 65.7 Å². The molecular formula is C21H25N3OS. The minimum Gasteiger partial charge on any atom is -0.298 e. The third-order valence-corrected chi connectivity index (χ3v) is 5.42. The number of carbonyl (C=O) groups is 1. The lowest BCUT2D eigenvalue weighted by molar-refractivity contribution is -0.118. The molecule has 0 radical (unpaired) electrons. The molecule has 4 nitrogen and oxygen atoms in total. The molecule has 0 aliphatic carbocycles. The van der Waals surface area contributed by atoms with Gasteiger partial charge in [0.1, 0.15) is 0 Å². The van der Waals surface area contributed by atoms with Gasteiger partial charge in [-0.05, 0) is 24.6 Å². The Morgan fingerprint density at radius 3 is 2.46 bits per heavy atom. The highest BCUT2D eigenvalue weighted by Crippen LogP contribution is 2.18. The van der Waals surface area contributed by atoms with Gasteiger partial charge in [-0.1, -0.05) is 48.0 Å². The summed E-state index contributed by atoms with van der Waals surface area (Å²) in [6.07, 6.45) is 1.83. The second-order valence-electron chi connectivity index (χ2n) is 6.58. The molecule has 0 atom stereocenters. The number of hydrogen-bond donors (Lipinski definition) is 1. The Hall–Kier alpha value is -2.11. The molecule has 0 unspecified atom stereocenters. The summed E-state index contributed by atoms with van der Waals surface area (Å²) >= 11 is 1.54. The number of amides is 1. The lowest BCUT2D eigenvalue weighted by atomic mass is 10.1. The van der Waals surface area contributed by atoms with Crippen LogP contribution in [0.3, 0.4) is 0 Å². The standard InChI is InChI=1S/C21H25N3OS/c1-17-7-9-20(10-8-17)26-16-21(25)23-22-19-11-13-24(14-12-19)15-18-5-3-2-4-6-18/h2-10H,11-16H2,1H3,(H,23,25). The minimum absolute atomic E-state index is 0.0465. The van der Waals surface area contributed by atoms with E-state index in [1.165, 1.54) is 22.9 Å². The number of aryl methyl sites for hydroxylation is 1. The predicted octanol–water partition coefficient (Wildman–Crippen LogP) is 3.86. The average Bonchev–Trinajstić information content (AvgIpc) is 2.68. The van der Waals surface area contributed by atoms with Crippen LogP contribution in [0.5, 0.6) is 0 Å². The first-order chi connectivity index (χ1) is 12.7. The van der Waals surface area contributed by atoms with E-state index in [4.69, 9.17) is 0 Å². The number of carbonyl (C=O) groups excluding carboxylic acids is 1. The van der Waals surface area contributed by atoms with Gasteiger partial charge in [0.2, 0.25) is 5.91 Å². The van der Waals surface area contributed by atoms with Gasteiger partial charge in [-0.2, -0.15) is 5.10 Å². The minimum atomic E-state index is -0.0465. The molecule has 1 aliphatic rings. The molecule has 3 rings (SSSR count). The Labute approximate surface area is 159 Å². The first kappa shape index (κ1) is 18.7. The molecule has 0 saturated carbocycles. The molecule has 1 fully saturated rings. The van der Waals surface area contributed by atoms with Crippen molar-refractivity contribution in [1.29, 1.82) is 0 Å². The van der Waals surface area contributed by atoms with Crippen LogP contribution in [0.2, 0.25) is 0 Å². The van der Waals surface area contributed by atoms with Crippen LogP contribution in [0.4, 0.5) is 0 Å². The van der Waals surface area contributed by atoms with Crippen molar-refractivity contribution in [3.8, 4) is 0 Å². The third kappa shape index (κ3) is 6.00. The SMILES string of the molecule is Cc1ccc(SCC(=O)NN=C2CCN(Cc3ccccc3)CC2)cc1. The van der Waals surface area contributed by atoms with Crippen molar-refractivity contribution in [2.45, 2.75) is 31.2 Å². The zero-order valence-electron chi connectivity index (χ0n) is 15.1. The van der Waals surface area contributed by atoms with E-state index in [0.717, 1.165) is 43.1 Å². The number of hydrazone groups is 1. The van der Waals surface area contributed by atoms with E-state index >= 15 is 0 Å². The quantitative estimate of drug-likeness (QED) is 0.623. The van der Waals surface area contributed by atoms with Gasteiger partial charge in [-0.25, -0.2) is 5.43 Å². The summed E-state index contributed by atoms with van der Waals surface area (Å²) < 4.78 is 0. The van der Waals surface area contributed by atoms with Gasteiger partial charge in [-0.3, -0.25) is 9.69 Å². The van der Waals surface area contributed by atoms with E-state index in [9.17, 15) is 4.79 Å². The number of nitrogens with one attached hydrogen (secondary N) is 1. The van der Waals surface area contributed by atoms with Gasteiger partial charge < -0.3 is 0 Å². The maximum atomic E-state index is 12.0. The second-order valence-corrected chi connectivity index (χ2v) is 7.63. The Morgan fingerprint density at radius 1 is 1.08 bits per heavy atom. The number of likely N-dealkylation sites (tertiary alicyclic amines) is 1. The Balaban J connectivity index is 1.38. The number of benzene rings is 2. The summed E-state index contributed by atoms with van der Waals surface area (Å²) in [4.78, 5) is 15.5. The number of piperidine rings is 1. The number of thioether (sulfide) groups is 1. The van der Waals surface area contributed by atoms with Crippen molar-refractivity contribution < 1.29 is 4.79 Å². The van der Waals surface area contributed by atoms with Gasteiger partial charge >= 0.3 is 0 Å². The fourth-order valence-corrected chi connectivity index (χ4v) is 3.57. The molecule has 2 aromatic carbocycles. The fourth-order valence-electron chi connectivity index (χ4n) is 2.88. The summed E-state index contributed by atoms with van der Waals surface area (Å²) in [6.45, 7) is 5.01. The smallest absolute Gasteiger partial charge is 0.250 e. The maximum absolute atomic E-state index is 12.0. The molecule has 1 heterocycles. The Bertz CT molecular complexity index is 734. The molecule has 1 N–H and O–H groups in total. The van der Waals surface area contributed by atoms with E-state index in [-0.39, 0.29) is 5.91 Å². The summed E-state index contributed by atoms with van der Waals surface area (Å²) in [5, 5.41) is 4.33. The summed E-state index contributed by atoms with van der Waals surface area (Å²) in [5.41, 5.74) is 6.36. The van der Waals surface area contributed by atoms with Crippen LogP contribution < -0.4 is 5.43 Å². The van der Waals surface area contributed by atoms with E-state index in [2.05, 4.69) is 58.7 Å². The van der Waals surface area contributed by atoms with E-state index in [1.807, 2.05) is 18.2 Å². The number of hydrogen-bond acceptors (Lipinski definition) is 4. The predicted molar refractivity (Wildman–Crippen MR) is 108 cm³/mol. The lowest BCUT2D eigenvalue weighted by Gasteiger charge is -2.27. The maximum Gasteiger partial charge on any atom is 0.250 e. The molecule has 26 heavy (non-hydrogen) atoms. The number of rotatable bonds is 6. The van der Waals surface area contributed by atoms with Crippen LogP contribution >= 0.6 is 11.8 Å².